The molecule has 2 rings (SSSR count). The van der Waals surface area contributed by atoms with Crippen LogP contribution in [0.4, 0.5) is 0 Å². The molecule has 1 aliphatic heterocycles. The third-order valence-corrected chi connectivity index (χ3v) is 5.93. The van der Waals surface area contributed by atoms with Crippen LogP contribution < -0.4 is 10.6 Å². The fourth-order valence-electron chi connectivity index (χ4n) is 3.19. The Kier molecular flexibility index (Phi) is 4.69. The van der Waals surface area contributed by atoms with Gasteiger partial charge in [-0.1, -0.05) is 11.6 Å². The lowest BCUT2D eigenvalue weighted by Gasteiger charge is -2.46. The van der Waals surface area contributed by atoms with Crippen LogP contribution in [0.25, 0.3) is 0 Å². The standard InChI is InChI=1S/C14H22BrClN2S/c1-13(2)6-9(7-14(3,4)18-13)17-8-10-5-11(15)12(16)19-10/h5,9,17-18H,6-8H2,1-4H3. The van der Waals surface area contributed by atoms with Gasteiger partial charge in [0.05, 0.1) is 0 Å². The van der Waals surface area contributed by atoms with Crippen LogP contribution in [-0.2, 0) is 6.54 Å². The minimum atomic E-state index is 0.188. The van der Waals surface area contributed by atoms with Crippen LogP contribution in [-0.4, -0.2) is 17.1 Å². The van der Waals surface area contributed by atoms with Crippen LogP contribution in [0.3, 0.4) is 0 Å². The third-order valence-electron chi connectivity index (χ3n) is 3.45. The van der Waals surface area contributed by atoms with E-state index in [-0.39, 0.29) is 11.1 Å². The van der Waals surface area contributed by atoms with Crippen LogP contribution in [0.15, 0.2) is 10.5 Å². The van der Waals surface area contributed by atoms with Crippen molar-refractivity contribution in [2.75, 3.05) is 0 Å². The number of nitrogens with one attached hydrogen (secondary N) is 2. The van der Waals surface area contributed by atoms with E-state index in [0.29, 0.717) is 6.04 Å². The molecule has 5 heteroatoms. The maximum Gasteiger partial charge on any atom is 0.107 e. The lowest BCUT2D eigenvalue weighted by atomic mass is 9.79. The Morgan fingerprint density at radius 2 is 1.95 bits per heavy atom. The third kappa shape index (κ3) is 4.43. The van der Waals surface area contributed by atoms with Gasteiger partial charge in [0, 0.05) is 33.0 Å². The van der Waals surface area contributed by atoms with Gasteiger partial charge in [-0.2, -0.15) is 0 Å². The zero-order valence-corrected chi connectivity index (χ0v) is 15.1. The summed E-state index contributed by atoms with van der Waals surface area (Å²) in [5.41, 5.74) is 0.375. The Balaban J connectivity index is 1.95. The van der Waals surface area contributed by atoms with Gasteiger partial charge in [0.1, 0.15) is 4.34 Å². The van der Waals surface area contributed by atoms with Crippen molar-refractivity contribution in [2.24, 2.45) is 0 Å². The zero-order chi connectivity index (χ0) is 14.3. The summed E-state index contributed by atoms with van der Waals surface area (Å²) in [5, 5.41) is 7.39. The Morgan fingerprint density at radius 1 is 1.37 bits per heavy atom. The molecule has 1 aromatic rings. The number of piperidine rings is 1. The van der Waals surface area contributed by atoms with E-state index in [0.717, 1.165) is 28.2 Å². The van der Waals surface area contributed by atoms with Crippen molar-refractivity contribution in [2.45, 2.75) is 64.2 Å². The fraction of sp³-hybridized carbons (Fsp3) is 0.714. The Morgan fingerprint density at radius 3 is 2.42 bits per heavy atom. The predicted molar refractivity (Wildman–Crippen MR) is 88.2 cm³/mol. The van der Waals surface area contributed by atoms with Gasteiger partial charge in [0.15, 0.2) is 0 Å². The average Bonchev–Trinajstić information content (AvgIpc) is 2.51. The molecule has 0 atom stereocenters. The monoisotopic (exact) mass is 364 g/mol. The molecule has 108 valence electrons. The van der Waals surface area contributed by atoms with Crippen LogP contribution in [0, 0.1) is 0 Å². The second-order valence-corrected chi connectivity index (χ2v) is 9.31. The molecule has 1 aliphatic rings. The smallest absolute Gasteiger partial charge is 0.107 e. The molecule has 1 saturated heterocycles. The normalized spacial score (nSPS) is 22.6. The van der Waals surface area contributed by atoms with Crippen molar-refractivity contribution in [3.63, 3.8) is 0 Å². The van der Waals surface area contributed by atoms with E-state index in [2.05, 4.69) is 60.3 Å². The maximum atomic E-state index is 6.08. The van der Waals surface area contributed by atoms with E-state index in [1.54, 1.807) is 11.3 Å². The summed E-state index contributed by atoms with van der Waals surface area (Å²) in [7, 11) is 0. The van der Waals surface area contributed by atoms with Crippen molar-refractivity contribution >= 4 is 38.9 Å². The fourth-order valence-corrected chi connectivity index (χ4v) is 4.93. The van der Waals surface area contributed by atoms with Gasteiger partial charge in [-0.05, 0) is 62.5 Å². The van der Waals surface area contributed by atoms with Crippen LogP contribution in [0.5, 0.6) is 0 Å². The van der Waals surface area contributed by atoms with E-state index in [1.165, 1.54) is 4.88 Å². The molecule has 0 aliphatic carbocycles. The van der Waals surface area contributed by atoms with Crippen LogP contribution in [0.2, 0.25) is 4.34 Å². The van der Waals surface area contributed by atoms with Crippen molar-refractivity contribution in [1.29, 1.82) is 0 Å². The van der Waals surface area contributed by atoms with Crippen molar-refractivity contribution in [3.8, 4) is 0 Å². The summed E-state index contributed by atoms with van der Waals surface area (Å²) in [5.74, 6) is 0. The predicted octanol–water partition coefficient (Wildman–Crippen LogP) is 4.56. The molecule has 1 aromatic heterocycles. The lowest BCUT2D eigenvalue weighted by Crippen LogP contribution is -2.61. The lowest BCUT2D eigenvalue weighted by molar-refractivity contribution is 0.146. The van der Waals surface area contributed by atoms with Gasteiger partial charge in [0.25, 0.3) is 0 Å². The summed E-state index contributed by atoms with van der Waals surface area (Å²) in [4.78, 5) is 1.28. The molecule has 0 amide bonds. The van der Waals surface area contributed by atoms with Gasteiger partial charge in [-0.25, -0.2) is 0 Å². The second kappa shape index (κ2) is 5.64. The molecule has 2 N–H and O–H groups in total. The molecular formula is C14H22BrClN2S. The first kappa shape index (κ1) is 15.8. The first-order chi connectivity index (χ1) is 8.67. The number of hydrogen-bond donors (Lipinski definition) is 2. The van der Waals surface area contributed by atoms with Gasteiger partial charge in [-0.15, -0.1) is 11.3 Å². The molecule has 19 heavy (non-hydrogen) atoms. The molecule has 0 unspecified atom stereocenters. The maximum absolute atomic E-state index is 6.08. The highest BCUT2D eigenvalue weighted by Crippen LogP contribution is 2.33. The highest BCUT2D eigenvalue weighted by atomic mass is 79.9. The van der Waals surface area contributed by atoms with Crippen molar-refractivity contribution < 1.29 is 0 Å². The molecule has 2 heterocycles. The molecule has 0 spiro atoms. The SMILES string of the molecule is CC1(C)CC(NCc2cc(Br)c(Cl)s2)CC(C)(C)N1. The van der Waals surface area contributed by atoms with E-state index < -0.39 is 0 Å². The quantitative estimate of drug-likeness (QED) is 0.820. The number of halogens is 2. The van der Waals surface area contributed by atoms with Gasteiger partial charge in [0.2, 0.25) is 0 Å². The zero-order valence-electron chi connectivity index (χ0n) is 11.9. The second-order valence-electron chi connectivity index (χ2n) is 6.71. The van der Waals surface area contributed by atoms with Crippen molar-refractivity contribution in [3.05, 3.63) is 19.8 Å². The highest BCUT2D eigenvalue weighted by molar-refractivity contribution is 9.10. The number of thiophene rings is 1. The highest BCUT2D eigenvalue weighted by Gasteiger charge is 2.37. The first-order valence-electron chi connectivity index (χ1n) is 6.63. The first-order valence-corrected chi connectivity index (χ1v) is 8.62. The van der Waals surface area contributed by atoms with Gasteiger partial charge < -0.3 is 10.6 Å². The molecule has 0 saturated carbocycles. The minimum absolute atomic E-state index is 0.188. The summed E-state index contributed by atoms with van der Waals surface area (Å²) in [6, 6.07) is 2.66. The van der Waals surface area contributed by atoms with E-state index in [9.17, 15) is 0 Å². The molecular weight excluding hydrogens is 344 g/mol. The summed E-state index contributed by atoms with van der Waals surface area (Å²) in [6.07, 6.45) is 2.30. The number of rotatable bonds is 3. The van der Waals surface area contributed by atoms with Crippen LogP contribution in [0.1, 0.15) is 45.4 Å². The number of hydrogen-bond acceptors (Lipinski definition) is 3. The molecule has 1 fully saturated rings. The molecule has 2 nitrogen and oxygen atoms in total. The van der Waals surface area contributed by atoms with Gasteiger partial charge in [-0.3, -0.25) is 0 Å². The summed E-state index contributed by atoms with van der Waals surface area (Å²) >= 11 is 11.2. The largest absolute Gasteiger partial charge is 0.309 e. The van der Waals surface area contributed by atoms with E-state index in [4.69, 9.17) is 11.6 Å². The Hall–Kier alpha value is 0.390. The summed E-state index contributed by atoms with van der Waals surface area (Å²) < 4.78 is 1.84. The molecule has 0 bridgehead atoms. The topological polar surface area (TPSA) is 24.1 Å². The van der Waals surface area contributed by atoms with Gasteiger partial charge >= 0.3 is 0 Å². The van der Waals surface area contributed by atoms with Crippen LogP contribution >= 0.6 is 38.9 Å². The average molecular weight is 366 g/mol. The summed E-state index contributed by atoms with van der Waals surface area (Å²) in [6.45, 7) is 10.0. The molecule has 0 aromatic carbocycles. The van der Waals surface area contributed by atoms with Crippen molar-refractivity contribution in [1.82, 2.24) is 10.6 Å². The molecule has 0 radical (unpaired) electrons. The Bertz CT molecular complexity index is 421. The minimum Gasteiger partial charge on any atom is -0.309 e. The van der Waals surface area contributed by atoms with E-state index in [1.807, 2.05) is 0 Å². The van der Waals surface area contributed by atoms with E-state index >= 15 is 0 Å². The Labute approximate surface area is 133 Å².